The number of likely N-dealkylation sites (tertiary alicyclic amines) is 1. The highest BCUT2D eigenvalue weighted by molar-refractivity contribution is 9.10. The number of rotatable bonds is 6. The summed E-state index contributed by atoms with van der Waals surface area (Å²) in [5.41, 5.74) is 5.97. The Morgan fingerprint density at radius 1 is 1.31 bits per heavy atom. The van der Waals surface area contributed by atoms with E-state index in [1.807, 2.05) is 6.07 Å². The molecule has 1 heterocycles. The van der Waals surface area contributed by atoms with Crippen molar-refractivity contribution in [1.82, 2.24) is 4.90 Å². The highest BCUT2D eigenvalue weighted by Crippen LogP contribution is 2.24. The van der Waals surface area contributed by atoms with Crippen molar-refractivity contribution >= 4 is 39.8 Å². The first kappa shape index (κ1) is 20.0. The molecule has 1 fully saturated rings. The van der Waals surface area contributed by atoms with Gasteiger partial charge in [-0.05, 0) is 37.1 Å². The van der Waals surface area contributed by atoms with Crippen LogP contribution in [0, 0.1) is 5.92 Å². The number of benzene rings is 1. The third-order valence-electron chi connectivity index (χ3n) is 4.18. The summed E-state index contributed by atoms with van der Waals surface area (Å²) < 4.78 is 11.1. The molecule has 1 aromatic carbocycles. The predicted octanol–water partition coefficient (Wildman–Crippen LogP) is 1.74. The van der Waals surface area contributed by atoms with E-state index in [9.17, 15) is 14.4 Å². The molecule has 0 unspecified atom stereocenters. The van der Waals surface area contributed by atoms with Gasteiger partial charge in [-0.2, -0.15) is 0 Å². The van der Waals surface area contributed by atoms with Crippen LogP contribution in [0.5, 0.6) is 5.75 Å². The van der Waals surface area contributed by atoms with Crippen molar-refractivity contribution in [3.8, 4) is 5.75 Å². The second-order valence-electron chi connectivity index (χ2n) is 5.88. The molecule has 2 N–H and O–H groups in total. The predicted molar refractivity (Wildman–Crippen MR) is 99.2 cm³/mol. The van der Waals surface area contributed by atoms with E-state index in [1.165, 1.54) is 6.08 Å². The summed E-state index contributed by atoms with van der Waals surface area (Å²) >= 11 is 3.35. The van der Waals surface area contributed by atoms with Crippen molar-refractivity contribution in [2.24, 2.45) is 11.7 Å². The summed E-state index contributed by atoms with van der Waals surface area (Å²) in [5.74, 6) is -0.811. The van der Waals surface area contributed by atoms with E-state index in [0.717, 1.165) is 4.47 Å². The van der Waals surface area contributed by atoms with Crippen molar-refractivity contribution in [1.29, 1.82) is 0 Å². The van der Waals surface area contributed by atoms with E-state index in [4.69, 9.17) is 15.2 Å². The molecule has 2 amide bonds. The van der Waals surface area contributed by atoms with Crippen molar-refractivity contribution in [2.45, 2.75) is 12.8 Å². The number of piperidine rings is 1. The second kappa shape index (κ2) is 9.38. The number of esters is 1. The van der Waals surface area contributed by atoms with Gasteiger partial charge < -0.3 is 20.1 Å². The first-order valence-corrected chi connectivity index (χ1v) is 8.95. The fraction of sp³-hybridized carbons (Fsp3) is 0.389. The van der Waals surface area contributed by atoms with Gasteiger partial charge >= 0.3 is 5.97 Å². The van der Waals surface area contributed by atoms with E-state index in [-0.39, 0.29) is 24.3 Å². The smallest absolute Gasteiger partial charge is 0.331 e. The summed E-state index contributed by atoms with van der Waals surface area (Å²) in [6.07, 6.45) is 3.89. The minimum atomic E-state index is -0.618. The SMILES string of the molecule is COc1ccc(Br)cc1/C=C/C(=O)OCC(=O)N1CCC(C(N)=O)CC1. The third kappa shape index (κ3) is 5.59. The molecule has 0 radical (unpaired) electrons. The van der Waals surface area contributed by atoms with Crippen LogP contribution in [0.25, 0.3) is 6.08 Å². The maximum atomic E-state index is 12.1. The Hall–Kier alpha value is -2.35. The first-order valence-electron chi connectivity index (χ1n) is 8.16. The molecule has 140 valence electrons. The average Bonchev–Trinajstić information content (AvgIpc) is 2.64. The number of nitrogens with two attached hydrogens (primary N) is 1. The van der Waals surface area contributed by atoms with Crippen LogP contribution in [0.2, 0.25) is 0 Å². The topological polar surface area (TPSA) is 98.9 Å². The molecule has 2 rings (SSSR count). The number of halogens is 1. The molecule has 0 saturated carbocycles. The van der Waals surface area contributed by atoms with E-state index < -0.39 is 5.97 Å². The molecule has 26 heavy (non-hydrogen) atoms. The molecule has 1 saturated heterocycles. The maximum absolute atomic E-state index is 12.1. The Balaban J connectivity index is 1.82. The number of methoxy groups -OCH3 is 1. The van der Waals surface area contributed by atoms with Crippen LogP contribution in [0.15, 0.2) is 28.7 Å². The molecular formula is C18H21BrN2O5. The molecule has 0 bridgehead atoms. The lowest BCUT2D eigenvalue weighted by Crippen LogP contribution is -2.43. The lowest BCUT2D eigenvalue weighted by molar-refractivity contribution is -0.149. The Morgan fingerprint density at radius 2 is 2.00 bits per heavy atom. The van der Waals surface area contributed by atoms with Gasteiger partial charge in [-0.25, -0.2) is 4.79 Å². The zero-order valence-corrected chi connectivity index (χ0v) is 16.0. The molecule has 1 aliphatic heterocycles. The molecular weight excluding hydrogens is 404 g/mol. The number of primary amides is 1. The Kier molecular flexibility index (Phi) is 7.20. The number of hydrogen-bond acceptors (Lipinski definition) is 5. The van der Waals surface area contributed by atoms with Gasteiger partial charge in [-0.15, -0.1) is 0 Å². The monoisotopic (exact) mass is 424 g/mol. The fourth-order valence-electron chi connectivity index (χ4n) is 2.68. The molecule has 0 atom stereocenters. The first-order chi connectivity index (χ1) is 12.4. The lowest BCUT2D eigenvalue weighted by Gasteiger charge is -2.30. The van der Waals surface area contributed by atoms with Crippen molar-refractivity contribution in [2.75, 3.05) is 26.8 Å². The van der Waals surface area contributed by atoms with E-state index >= 15 is 0 Å². The van der Waals surface area contributed by atoms with Crippen molar-refractivity contribution < 1.29 is 23.9 Å². The van der Waals surface area contributed by atoms with Crippen molar-refractivity contribution in [3.05, 3.63) is 34.3 Å². The van der Waals surface area contributed by atoms with Gasteiger partial charge in [0.25, 0.3) is 5.91 Å². The number of hydrogen-bond donors (Lipinski definition) is 1. The quantitative estimate of drug-likeness (QED) is 0.553. The number of ether oxygens (including phenoxy) is 2. The normalized spacial score (nSPS) is 15.1. The summed E-state index contributed by atoms with van der Waals surface area (Å²) in [6.45, 7) is 0.546. The van der Waals surface area contributed by atoms with Gasteiger partial charge in [0.15, 0.2) is 6.61 Å². The third-order valence-corrected chi connectivity index (χ3v) is 4.67. The summed E-state index contributed by atoms with van der Waals surface area (Å²) in [7, 11) is 1.54. The Morgan fingerprint density at radius 3 is 2.62 bits per heavy atom. The van der Waals surface area contributed by atoms with Crippen molar-refractivity contribution in [3.63, 3.8) is 0 Å². The zero-order chi connectivity index (χ0) is 19.1. The van der Waals surface area contributed by atoms with Crippen LogP contribution in [0.1, 0.15) is 18.4 Å². The van der Waals surface area contributed by atoms with Crippen LogP contribution >= 0.6 is 15.9 Å². The molecule has 1 aromatic rings. The second-order valence-corrected chi connectivity index (χ2v) is 6.80. The van der Waals surface area contributed by atoms with Gasteiger partial charge in [-0.1, -0.05) is 15.9 Å². The summed E-state index contributed by atoms with van der Waals surface area (Å²) in [6, 6.07) is 5.40. The fourth-order valence-corrected chi connectivity index (χ4v) is 3.06. The van der Waals surface area contributed by atoms with Crippen LogP contribution in [0.3, 0.4) is 0 Å². The van der Waals surface area contributed by atoms with Crippen LogP contribution in [-0.2, 0) is 19.1 Å². The van der Waals surface area contributed by atoms with E-state index in [0.29, 0.717) is 37.2 Å². The Bertz CT molecular complexity index is 712. The summed E-state index contributed by atoms with van der Waals surface area (Å²) in [5, 5.41) is 0. The largest absolute Gasteiger partial charge is 0.496 e. The molecule has 8 heteroatoms. The molecule has 0 aromatic heterocycles. The van der Waals surface area contributed by atoms with E-state index in [2.05, 4.69) is 15.9 Å². The number of carbonyl (C=O) groups is 3. The number of carbonyl (C=O) groups excluding carboxylic acids is 3. The van der Waals surface area contributed by atoms with Gasteiger partial charge in [-0.3, -0.25) is 9.59 Å². The minimum absolute atomic E-state index is 0.190. The van der Waals surface area contributed by atoms with Gasteiger partial charge in [0.2, 0.25) is 5.91 Å². The number of nitrogens with zero attached hydrogens (tertiary/aromatic N) is 1. The molecule has 0 spiro atoms. The van der Waals surface area contributed by atoms with Crippen LogP contribution in [-0.4, -0.2) is 49.5 Å². The zero-order valence-electron chi connectivity index (χ0n) is 14.4. The van der Waals surface area contributed by atoms with Crippen LogP contribution < -0.4 is 10.5 Å². The molecule has 1 aliphatic rings. The van der Waals surface area contributed by atoms with Gasteiger partial charge in [0.05, 0.1) is 7.11 Å². The van der Waals surface area contributed by atoms with Gasteiger partial charge in [0.1, 0.15) is 5.75 Å². The standard InChI is InChI=1S/C18H21BrN2O5/c1-25-15-4-3-14(19)10-13(15)2-5-17(23)26-11-16(22)21-8-6-12(7-9-21)18(20)24/h2-5,10,12H,6-9,11H2,1H3,(H2,20,24)/b5-2+. The highest BCUT2D eigenvalue weighted by atomic mass is 79.9. The lowest BCUT2D eigenvalue weighted by atomic mass is 9.96. The average molecular weight is 425 g/mol. The number of amides is 2. The molecule has 7 nitrogen and oxygen atoms in total. The minimum Gasteiger partial charge on any atom is -0.496 e. The van der Waals surface area contributed by atoms with Gasteiger partial charge in [0, 0.05) is 35.1 Å². The Labute approximate surface area is 160 Å². The summed E-state index contributed by atoms with van der Waals surface area (Å²) in [4.78, 5) is 36.6. The molecule has 0 aliphatic carbocycles. The van der Waals surface area contributed by atoms with E-state index in [1.54, 1.807) is 30.2 Å². The maximum Gasteiger partial charge on any atom is 0.331 e. The van der Waals surface area contributed by atoms with Crippen LogP contribution in [0.4, 0.5) is 0 Å². The highest BCUT2D eigenvalue weighted by Gasteiger charge is 2.26.